The minimum atomic E-state index is 0.646. The maximum absolute atomic E-state index is 6.46. The summed E-state index contributed by atoms with van der Waals surface area (Å²) in [6.07, 6.45) is 3.76. The lowest BCUT2D eigenvalue weighted by molar-refractivity contribution is 0.122. The molecule has 0 saturated carbocycles. The van der Waals surface area contributed by atoms with Gasteiger partial charge in [-0.05, 0) is 43.3 Å². The number of para-hydroxylation sites is 1. The van der Waals surface area contributed by atoms with Gasteiger partial charge in [-0.3, -0.25) is 9.55 Å². The Morgan fingerprint density at radius 1 is 1.03 bits per heavy atom. The van der Waals surface area contributed by atoms with Crippen LogP contribution in [0.2, 0.25) is 5.02 Å². The fraction of sp³-hybridized carbons (Fsp3) is 0.200. The maximum Gasteiger partial charge on any atom is 0.111 e. The number of benzene rings is 2. The SMILES string of the molecule is Cc1nc2c(-c3ccc[nH]3)cc(N3CCOCC3)cc2n1-c1ccnc2c(Cl)cccc12. The summed E-state index contributed by atoms with van der Waals surface area (Å²) in [5, 5.41) is 1.65. The van der Waals surface area contributed by atoms with Gasteiger partial charge in [-0.15, -0.1) is 0 Å². The standard InChI is InChI=1S/C25H22ClN5O/c1-16-29-25-19(21-6-3-8-27-21)14-17(30-10-12-32-13-11-30)15-23(25)31(16)22-7-9-28-24-18(22)4-2-5-20(24)26/h2-9,14-15,27H,10-13H2,1H3. The van der Waals surface area contributed by atoms with Crippen molar-refractivity contribution in [3.8, 4) is 16.9 Å². The number of aryl methyl sites for hydroxylation is 1. The first-order chi connectivity index (χ1) is 15.7. The predicted molar refractivity (Wildman–Crippen MR) is 129 cm³/mol. The summed E-state index contributed by atoms with van der Waals surface area (Å²) in [4.78, 5) is 15.3. The van der Waals surface area contributed by atoms with E-state index in [2.05, 4.69) is 43.7 Å². The quantitative estimate of drug-likeness (QED) is 0.407. The van der Waals surface area contributed by atoms with Crippen molar-refractivity contribution in [2.75, 3.05) is 31.2 Å². The molecule has 32 heavy (non-hydrogen) atoms. The zero-order valence-electron chi connectivity index (χ0n) is 17.7. The van der Waals surface area contributed by atoms with Crippen molar-refractivity contribution >= 4 is 39.2 Å². The van der Waals surface area contributed by atoms with E-state index in [1.807, 2.05) is 43.6 Å². The third kappa shape index (κ3) is 3.06. The van der Waals surface area contributed by atoms with Crippen molar-refractivity contribution in [2.45, 2.75) is 6.92 Å². The van der Waals surface area contributed by atoms with Crippen molar-refractivity contribution in [1.82, 2.24) is 19.5 Å². The smallest absolute Gasteiger partial charge is 0.111 e. The monoisotopic (exact) mass is 443 g/mol. The summed E-state index contributed by atoms with van der Waals surface area (Å²) in [5.41, 5.74) is 7.15. The summed E-state index contributed by atoms with van der Waals surface area (Å²) >= 11 is 6.46. The molecular formula is C25H22ClN5O. The molecule has 7 heteroatoms. The molecule has 0 radical (unpaired) electrons. The van der Waals surface area contributed by atoms with Crippen molar-refractivity contribution < 1.29 is 4.74 Å². The number of anilines is 1. The molecule has 0 bridgehead atoms. The van der Waals surface area contributed by atoms with Crippen molar-refractivity contribution in [3.63, 3.8) is 0 Å². The Kier molecular flexibility index (Phi) is 4.63. The van der Waals surface area contributed by atoms with Crippen LogP contribution in [0.3, 0.4) is 0 Å². The molecule has 0 unspecified atom stereocenters. The Morgan fingerprint density at radius 3 is 2.72 bits per heavy atom. The van der Waals surface area contributed by atoms with E-state index in [1.165, 1.54) is 5.69 Å². The zero-order chi connectivity index (χ0) is 21.7. The van der Waals surface area contributed by atoms with Crippen LogP contribution in [0.5, 0.6) is 0 Å². The molecule has 1 N–H and O–H groups in total. The third-order valence-electron chi connectivity index (χ3n) is 6.12. The zero-order valence-corrected chi connectivity index (χ0v) is 18.4. The number of fused-ring (bicyclic) bond motifs is 2. The molecule has 0 aliphatic carbocycles. The fourth-order valence-corrected chi connectivity index (χ4v) is 4.83. The van der Waals surface area contributed by atoms with Crippen LogP contribution in [-0.4, -0.2) is 45.8 Å². The predicted octanol–water partition coefficient (Wildman–Crippen LogP) is 5.37. The van der Waals surface area contributed by atoms with E-state index < -0.39 is 0 Å². The van der Waals surface area contributed by atoms with Crippen molar-refractivity contribution in [2.24, 2.45) is 0 Å². The maximum atomic E-state index is 6.46. The number of nitrogens with one attached hydrogen (secondary N) is 1. The number of imidazole rings is 1. The molecule has 6 nitrogen and oxygen atoms in total. The van der Waals surface area contributed by atoms with Crippen LogP contribution in [0.25, 0.3) is 38.9 Å². The number of hydrogen-bond donors (Lipinski definition) is 1. The second-order valence-corrected chi connectivity index (χ2v) is 8.41. The average Bonchev–Trinajstić information content (AvgIpc) is 3.47. The molecule has 5 aromatic rings. The number of rotatable bonds is 3. The number of hydrogen-bond acceptors (Lipinski definition) is 4. The van der Waals surface area contributed by atoms with Gasteiger partial charge in [-0.25, -0.2) is 4.98 Å². The van der Waals surface area contributed by atoms with Crippen LogP contribution < -0.4 is 4.90 Å². The molecule has 0 atom stereocenters. The average molecular weight is 444 g/mol. The number of nitrogens with zero attached hydrogens (tertiary/aromatic N) is 4. The number of aromatic amines is 1. The lowest BCUT2D eigenvalue weighted by Crippen LogP contribution is -2.36. The molecule has 1 aliphatic rings. The molecule has 1 fully saturated rings. The molecule has 1 aliphatic heterocycles. The van der Waals surface area contributed by atoms with Crippen LogP contribution in [0, 0.1) is 6.92 Å². The summed E-state index contributed by atoms with van der Waals surface area (Å²) in [6, 6.07) is 16.5. The van der Waals surface area contributed by atoms with Crippen molar-refractivity contribution in [1.29, 1.82) is 0 Å². The molecule has 0 spiro atoms. The Balaban J connectivity index is 1.66. The highest BCUT2D eigenvalue weighted by Gasteiger charge is 2.20. The third-order valence-corrected chi connectivity index (χ3v) is 6.42. The van der Waals surface area contributed by atoms with E-state index in [9.17, 15) is 0 Å². The van der Waals surface area contributed by atoms with Crippen LogP contribution in [0.4, 0.5) is 5.69 Å². The number of morpholine rings is 1. The van der Waals surface area contributed by atoms with Gasteiger partial charge in [-0.1, -0.05) is 23.7 Å². The summed E-state index contributed by atoms with van der Waals surface area (Å²) < 4.78 is 7.80. The van der Waals surface area contributed by atoms with Crippen LogP contribution in [0.1, 0.15) is 5.82 Å². The van der Waals surface area contributed by atoms with Gasteiger partial charge in [0.1, 0.15) is 5.82 Å². The highest BCUT2D eigenvalue weighted by molar-refractivity contribution is 6.35. The van der Waals surface area contributed by atoms with Gasteiger partial charge in [0.05, 0.1) is 40.5 Å². The number of aromatic nitrogens is 4. The van der Waals surface area contributed by atoms with E-state index in [0.29, 0.717) is 5.02 Å². The van der Waals surface area contributed by atoms with Gasteiger partial charge in [0.25, 0.3) is 0 Å². The highest BCUT2D eigenvalue weighted by Crippen LogP contribution is 2.36. The molecule has 6 rings (SSSR count). The molecular weight excluding hydrogens is 422 g/mol. The molecule has 4 heterocycles. The van der Waals surface area contributed by atoms with Gasteiger partial charge in [0.15, 0.2) is 0 Å². The van der Waals surface area contributed by atoms with Crippen LogP contribution in [0.15, 0.2) is 60.9 Å². The highest BCUT2D eigenvalue weighted by atomic mass is 35.5. The van der Waals surface area contributed by atoms with E-state index in [4.69, 9.17) is 21.3 Å². The first-order valence-electron chi connectivity index (χ1n) is 10.7. The van der Waals surface area contributed by atoms with E-state index >= 15 is 0 Å². The second kappa shape index (κ2) is 7.65. The van der Waals surface area contributed by atoms with Gasteiger partial charge in [0, 0.05) is 47.8 Å². The van der Waals surface area contributed by atoms with Crippen molar-refractivity contribution in [3.05, 3.63) is 71.8 Å². The molecule has 1 saturated heterocycles. The minimum absolute atomic E-state index is 0.646. The fourth-order valence-electron chi connectivity index (χ4n) is 4.61. The van der Waals surface area contributed by atoms with Gasteiger partial charge in [-0.2, -0.15) is 0 Å². The van der Waals surface area contributed by atoms with Crippen LogP contribution in [-0.2, 0) is 4.74 Å². The molecule has 2 aromatic carbocycles. The molecule has 3 aromatic heterocycles. The Hall–Kier alpha value is -3.35. The first-order valence-corrected chi connectivity index (χ1v) is 11.1. The number of pyridine rings is 1. The lowest BCUT2D eigenvalue weighted by Gasteiger charge is -2.29. The van der Waals surface area contributed by atoms with Gasteiger partial charge in [0.2, 0.25) is 0 Å². The van der Waals surface area contributed by atoms with Gasteiger partial charge >= 0.3 is 0 Å². The van der Waals surface area contributed by atoms with E-state index in [1.54, 1.807) is 0 Å². The van der Waals surface area contributed by atoms with Crippen LogP contribution >= 0.6 is 11.6 Å². The topological polar surface area (TPSA) is 59.0 Å². The first kappa shape index (κ1) is 19.3. The Morgan fingerprint density at radius 2 is 1.91 bits per heavy atom. The second-order valence-electron chi connectivity index (χ2n) is 8.00. The number of ether oxygens (including phenoxy) is 1. The Bertz CT molecular complexity index is 1430. The summed E-state index contributed by atoms with van der Waals surface area (Å²) in [7, 11) is 0. The minimum Gasteiger partial charge on any atom is -0.378 e. The van der Waals surface area contributed by atoms with E-state index in [-0.39, 0.29) is 0 Å². The van der Waals surface area contributed by atoms with E-state index in [0.717, 1.165) is 71.0 Å². The summed E-state index contributed by atoms with van der Waals surface area (Å²) in [5.74, 6) is 0.916. The summed E-state index contributed by atoms with van der Waals surface area (Å²) in [6.45, 7) is 5.26. The lowest BCUT2D eigenvalue weighted by atomic mass is 10.1. The Labute approximate surface area is 190 Å². The molecule has 0 amide bonds. The van der Waals surface area contributed by atoms with Gasteiger partial charge < -0.3 is 14.6 Å². The number of H-pyrrole nitrogens is 1. The normalized spacial score (nSPS) is 14.5. The largest absolute Gasteiger partial charge is 0.378 e. The number of halogens is 1. The molecule has 160 valence electrons.